The minimum Gasteiger partial charge on any atom is -0.486 e. The average molecular weight is 297 g/mol. The molecule has 21 heavy (non-hydrogen) atoms. The fourth-order valence-corrected chi connectivity index (χ4v) is 3.23. The normalized spacial score (nSPS) is 12.4. The van der Waals surface area contributed by atoms with Crippen molar-refractivity contribution >= 4 is 21.4 Å². The Hall–Kier alpha value is -1.84. The summed E-state index contributed by atoms with van der Waals surface area (Å²) in [7, 11) is 1.97. The minimum atomic E-state index is 0.0797. The van der Waals surface area contributed by atoms with Crippen molar-refractivity contribution in [3.05, 3.63) is 65.5 Å². The second-order valence-corrected chi connectivity index (χ2v) is 5.98. The summed E-state index contributed by atoms with van der Waals surface area (Å²) in [4.78, 5) is 0. The average Bonchev–Trinajstić information content (AvgIpc) is 3.00. The van der Waals surface area contributed by atoms with Crippen LogP contribution in [-0.2, 0) is 0 Å². The van der Waals surface area contributed by atoms with E-state index in [1.165, 1.54) is 15.6 Å². The van der Waals surface area contributed by atoms with Crippen LogP contribution in [-0.4, -0.2) is 13.6 Å². The van der Waals surface area contributed by atoms with E-state index in [1.54, 1.807) is 11.3 Å². The first-order chi connectivity index (χ1) is 10.4. The Balaban J connectivity index is 1.82. The molecule has 0 aliphatic rings. The highest BCUT2D eigenvalue weighted by molar-refractivity contribution is 7.17. The molecule has 0 unspecified atom stereocenters. The fraction of sp³-hybridized carbons (Fsp3) is 0.222. The number of thiophene rings is 1. The Bertz CT molecular complexity index is 693. The van der Waals surface area contributed by atoms with Crippen molar-refractivity contribution < 1.29 is 4.74 Å². The number of fused-ring (bicyclic) bond motifs is 1. The molecule has 3 aromatic rings. The van der Waals surface area contributed by atoms with Crippen molar-refractivity contribution in [1.82, 2.24) is 5.32 Å². The highest BCUT2D eigenvalue weighted by Gasteiger charge is 2.13. The van der Waals surface area contributed by atoms with E-state index in [1.807, 2.05) is 13.1 Å². The predicted octanol–water partition coefficient (Wildman–Crippen LogP) is 4.63. The van der Waals surface area contributed by atoms with Gasteiger partial charge >= 0.3 is 0 Å². The van der Waals surface area contributed by atoms with Gasteiger partial charge in [0.25, 0.3) is 0 Å². The molecule has 108 valence electrons. The SMILES string of the molecule is CNCC[C@H](Oc1ccc2ccsc2c1)c1ccccc1. The molecule has 1 N–H and O–H groups in total. The van der Waals surface area contributed by atoms with Gasteiger partial charge in [0.1, 0.15) is 11.9 Å². The van der Waals surface area contributed by atoms with E-state index < -0.39 is 0 Å². The number of benzene rings is 2. The third-order valence-corrected chi connectivity index (χ3v) is 4.41. The maximum atomic E-state index is 6.25. The summed E-state index contributed by atoms with van der Waals surface area (Å²) in [6, 6.07) is 18.9. The minimum absolute atomic E-state index is 0.0797. The largest absolute Gasteiger partial charge is 0.486 e. The van der Waals surface area contributed by atoms with Crippen molar-refractivity contribution in [3.63, 3.8) is 0 Å². The fourth-order valence-electron chi connectivity index (χ4n) is 2.41. The standard InChI is InChI=1S/C18H19NOS/c1-19-11-9-17(14-5-3-2-4-6-14)20-16-8-7-15-10-12-21-18(15)13-16/h2-8,10,12-13,17,19H,9,11H2,1H3/t17-/m0/s1. The van der Waals surface area contributed by atoms with Gasteiger partial charge in [-0.15, -0.1) is 11.3 Å². The van der Waals surface area contributed by atoms with Crippen LogP contribution in [0, 0.1) is 0 Å². The summed E-state index contributed by atoms with van der Waals surface area (Å²) in [6.07, 6.45) is 1.03. The van der Waals surface area contributed by atoms with Crippen molar-refractivity contribution in [2.45, 2.75) is 12.5 Å². The number of ether oxygens (including phenoxy) is 1. The van der Waals surface area contributed by atoms with Crippen molar-refractivity contribution in [2.75, 3.05) is 13.6 Å². The number of hydrogen-bond acceptors (Lipinski definition) is 3. The van der Waals surface area contributed by atoms with Crippen LogP contribution in [0.3, 0.4) is 0 Å². The molecule has 0 saturated heterocycles. The molecule has 2 nitrogen and oxygen atoms in total. The summed E-state index contributed by atoms with van der Waals surface area (Å²) < 4.78 is 7.52. The van der Waals surface area contributed by atoms with E-state index in [2.05, 4.69) is 59.2 Å². The van der Waals surface area contributed by atoms with Gasteiger partial charge in [0.05, 0.1) is 0 Å². The molecule has 0 aliphatic heterocycles. The molecular weight excluding hydrogens is 278 g/mol. The summed E-state index contributed by atoms with van der Waals surface area (Å²) in [5, 5.41) is 6.59. The second-order valence-electron chi connectivity index (χ2n) is 5.03. The van der Waals surface area contributed by atoms with Crippen molar-refractivity contribution in [1.29, 1.82) is 0 Å². The molecule has 0 saturated carbocycles. The predicted molar refractivity (Wildman–Crippen MR) is 90.2 cm³/mol. The van der Waals surface area contributed by atoms with Crippen LogP contribution in [0.5, 0.6) is 5.75 Å². The number of rotatable bonds is 6. The van der Waals surface area contributed by atoms with Crippen LogP contribution in [0.25, 0.3) is 10.1 Å². The monoisotopic (exact) mass is 297 g/mol. The van der Waals surface area contributed by atoms with Crippen LogP contribution in [0.1, 0.15) is 18.1 Å². The van der Waals surface area contributed by atoms with Crippen LogP contribution >= 0.6 is 11.3 Å². The number of nitrogens with one attached hydrogen (secondary N) is 1. The van der Waals surface area contributed by atoms with E-state index >= 15 is 0 Å². The summed E-state index contributed by atoms with van der Waals surface area (Å²) in [6.45, 7) is 0.931. The van der Waals surface area contributed by atoms with Crippen molar-refractivity contribution in [2.24, 2.45) is 0 Å². The molecule has 0 aliphatic carbocycles. The van der Waals surface area contributed by atoms with Gasteiger partial charge in [-0.3, -0.25) is 0 Å². The van der Waals surface area contributed by atoms with Crippen LogP contribution in [0.4, 0.5) is 0 Å². The second kappa shape index (κ2) is 6.74. The molecule has 2 aromatic carbocycles. The van der Waals surface area contributed by atoms with Gasteiger partial charge in [-0.25, -0.2) is 0 Å². The molecule has 0 bridgehead atoms. The summed E-state index contributed by atoms with van der Waals surface area (Å²) >= 11 is 1.75. The zero-order valence-corrected chi connectivity index (χ0v) is 12.9. The first-order valence-corrected chi connectivity index (χ1v) is 8.08. The van der Waals surface area contributed by atoms with Gasteiger partial charge in [-0.1, -0.05) is 30.3 Å². The number of hydrogen-bond donors (Lipinski definition) is 1. The lowest BCUT2D eigenvalue weighted by molar-refractivity contribution is 0.195. The molecule has 1 atom stereocenters. The van der Waals surface area contributed by atoms with Crippen molar-refractivity contribution in [3.8, 4) is 5.75 Å². The van der Waals surface area contributed by atoms with E-state index in [9.17, 15) is 0 Å². The molecule has 0 spiro atoms. The lowest BCUT2D eigenvalue weighted by Crippen LogP contribution is -2.16. The van der Waals surface area contributed by atoms with Gasteiger partial charge in [0, 0.05) is 11.1 Å². The summed E-state index contributed by atoms with van der Waals surface area (Å²) in [5.74, 6) is 0.940. The Kier molecular flexibility index (Phi) is 4.53. The Morgan fingerprint density at radius 3 is 2.76 bits per heavy atom. The molecule has 0 radical (unpaired) electrons. The first-order valence-electron chi connectivity index (χ1n) is 7.20. The van der Waals surface area contributed by atoms with Gasteiger partial charge < -0.3 is 10.1 Å². The topological polar surface area (TPSA) is 21.3 Å². The third kappa shape index (κ3) is 3.43. The van der Waals surface area contributed by atoms with Gasteiger partial charge in [-0.2, -0.15) is 0 Å². The highest BCUT2D eigenvalue weighted by atomic mass is 32.1. The Labute approximate surface area is 129 Å². The molecule has 3 heteroatoms. The molecule has 0 fully saturated rings. The van der Waals surface area contributed by atoms with Crippen LogP contribution in [0.15, 0.2) is 60.0 Å². The smallest absolute Gasteiger partial charge is 0.125 e. The van der Waals surface area contributed by atoms with E-state index in [0.717, 1.165) is 18.7 Å². The molecule has 3 rings (SSSR count). The maximum Gasteiger partial charge on any atom is 0.125 e. The lowest BCUT2D eigenvalue weighted by atomic mass is 10.1. The van der Waals surface area contributed by atoms with Crippen LogP contribution < -0.4 is 10.1 Å². The van der Waals surface area contributed by atoms with Gasteiger partial charge in [0.2, 0.25) is 0 Å². The Morgan fingerprint density at radius 2 is 1.95 bits per heavy atom. The third-order valence-electron chi connectivity index (χ3n) is 3.53. The molecule has 1 heterocycles. The van der Waals surface area contributed by atoms with Gasteiger partial charge in [0.15, 0.2) is 0 Å². The van der Waals surface area contributed by atoms with E-state index in [0.29, 0.717) is 0 Å². The molecular formula is C18H19NOS. The van der Waals surface area contributed by atoms with E-state index in [-0.39, 0.29) is 6.10 Å². The summed E-state index contributed by atoms with van der Waals surface area (Å²) in [5.41, 5.74) is 1.22. The lowest BCUT2D eigenvalue weighted by Gasteiger charge is -2.19. The Morgan fingerprint density at radius 1 is 1.10 bits per heavy atom. The zero-order valence-electron chi connectivity index (χ0n) is 12.1. The zero-order chi connectivity index (χ0) is 14.5. The maximum absolute atomic E-state index is 6.25. The quantitative estimate of drug-likeness (QED) is 0.716. The van der Waals surface area contributed by atoms with Gasteiger partial charge in [-0.05, 0) is 54.2 Å². The van der Waals surface area contributed by atoms with Crippen LogP contribution in [0.2, 0.25) is 0 Å². The van der Waals surface area contributed by atoms with E-state index in [4.69, 9.17) is 4.74 Å². The first kappa shape index (κ1) is 14.1. The molecule has 1 aromatic heterocycles. The highest BCUT2D eigenvalue weighted by Crippen LogP contribution is 2.29. The molecule has 0 amide bonds.